The van der Waals surface area contributed by atoms with Crippen LogP contribution in [0.25, 0.3) is 22.3 Å². The Balaban J connectivity index is 1.59. The molecule has 7 heteroatoms. The second kappa shape index (κ2) is 7.00. The number of pyridine rings is 1. The summed E-state index contributed by atoms with van der Waals surface area (Å²) in [7, 11) is 2.08. The van der Waals surface area contributed by atoms with Crippen LogP contribution >= 0.6 is 0 Å². The van der Waals surface area contributed by atoms with Crippen LogP contribution in [0, 0.1) is 12.8 Å². The van der Waals surface area contributed by atoms with Crippen LogP contribution in [-0.4, -0.2) is 51.2 Å². The van der Waals surface area contributed by atoms with Gasteiger partial charge >= 0.3 is 0 Å². The lowest BCUT2D eigenvalue weighted by molar-refractivity contribution is -0.121. The van der Waals surface area contributed by atoms with Crippen LogP contribution in [0.1, 0.15) is 18.4 Å². The van der Waals surface area contributed by atoms with Gasteiger partial charge in [-0.2, -0.15) is 5.10 Å². The molecule has 0 bridgehead atoms. The maximum Gasteiger partial charge on any atom is 0.228 e. The Morgan fingerprint density at radius 2 is 1.96 bits per heavy atom. The van der Waals surface area contributed by atoms with Crippen LogP contribution in [0.2, 0.25) is 0 Å². The Morgan fingerprint density at radius 1 is 1.26 bits per heavy atom. The van der Waals surface area contributed by atoms with E-state index < -0.39 is 0 Å². The van der Waals surface area contributed by atoms with E-state index >= 15 is 0 Å². The summed E-state index contributed by atoms with van der Waals surface area (Å²) in [5.41, 5.74) is 3.34. The quantitative estimate of drug-likeness (QED) is 0.663. The Hall–Kier alpha value is -2.93. The molecular formula is C20H23N5O2. The van der Waals surface area contributed by atoms with E-state index in [2.05, 4.69) is 32.4 Å². The van der Waals surface area contributed by atoms with E-state index in [-0.39, 0.29) is 17.6 Å². The average molecular weight is 365 g/mol. The van der Waals surface area contributed by atoms with E-state index in [0.717, 1.165) is 48.1 Å². The summed E-state index contributed by atoms with van der Waals surface area (Å²) >= 11 is 0. The van der Waals surface area contributed by atoms with Gasteiger partial charge in [0.1, 0.15) is 5.75 Å². The van der Waals surface area contributed by atoms with E-state index in [4.69, 9.17) is 0 Å². The van der Waals surface area contributed by atoms with Crippen LogP contribution in [-0.2, 0) is 4.79 Å². The molecule has 3 heterocycles. The van der Waals surface area contributed by atoms with Crippen LogP contribution in [0.3, 0.4) is 0 Å². The number of piperidine rings is 1. The number of carbonyl (C=O) groups excluding carboxylic acids is 1. The van der Waals surface area contributed by atoms with Crippen LogP contribution in [0.15, 0.2) is 30.3 Å². The molecule has 3 N–H and O–H groups in total. The first-order valence-electron chi connectivity index (χ1n) is 9.16. The average Bonchev–Trinajstić information content (AvgIpc) is 3.04. The second-order valence-electron chi connectivity index (χ2n) is 7.24. The number of anilines is 1. The number of nitrogens with one attached hydrogen (secondary N) is 2. The summed E-state index contributed by atoms with van der Waals surface area (Å²) in [6.07, 6.45) is 1.74. The monoisotopic (exact) mass is 365 g/mol. The molecule has 0 aliphatic carbocycles. The largest absolute Gasteiger partial charge is 0.508 e. The first kappa shape index (κ1) is 17.5. The molecule has 0 saturated carbocycles. The molecule has 1 amide bonds. The predicted octanol–water partition coefficient (Wildman–Crippen LogP) is 2.92. The lowest BCUT2D eigenvalue weighted by Gasteiger charge is -2.27. The van der Waals surface area contributed by atoms with Gasteiger partial charge in [-0.3, -0.25) is 9.89 Å². The van der Waals surface area contributed by atoms with E-state index in [0.29, 0.717) is 11.5 Å². The number of phenolic OH excluding ortho intramolecular Hbond substituents is 1. The Kier molecular flexibility index (Phi) is 4.53. The Labute approximate surface area is 157 Å². The Bertz CT molecular complexity index is 972. The standard InChI is InChI=1S/C20H23N5O2/c1-12-11-16-18(21-17(12)13-3-5-15(26)6-4-13)23-24-19(16)22-20(27)14-7-9-25(2)10-8-14/h3-6,11,14,26H,7-10H2,1-2H3,(H2,21,22,23,24,27). The van der Waals surface area contributed by atoms with E-state index in [1.165, 1.54) is 0 Å². The fourth-order valence-corrected chi connectivity index (χ4v) is 3.54. The first-order valence-corrected chi connectivity index (χ1v) is 9.16. The van der Waals surface area contributed by atoms with E-state index in [1.807, 2.05) is 25.1 Å². The molecule has 0 radical (unpaired) electrons. The van der Waals surface area contributed by atoms with Crippen molar-refractivity contribution in [2.75, 3.05) is 25.5 Å². The highest BCUT2D eigenvalue weighted by molar-refractivity contribution is 6.00. The smallest absolute Gasteiger partial charge is 0.228 e. The predicted molar refractivity (Wildman–Crippen MR) is 105 cm³/mol. The molecule has 140 valence electrons. The van der Waals surface area contributed by atoms with Crippen molar-refractivity contribution in [1.82, 2.24) is 20.1 Å². The third-order valence-corrected chi connectivity index (χ3v) is 5.21. The normalized spacial score (nSPS) is 15.9. The number of rotatable bonds is 3. The number of H-pyrrole nitrogens is 1. The SMILES string of the molecule is Cc1cc2c(NC(=O)C3CCN(C)CC3)n[nH]c2nc1-c1ccc(O)cc1. The molecule has 0 unspecified atom stereocenters. The van der Waals surface area contributed by atoms with Crippen molar-refractivity contribution in [3.63, 3.8) is 0 Å². The van der Waals surface area contributed by atoms with Gasteiger partial charge in [0.25, 0.3) is 0 Å². The summed E-state index contributed by atoms with van der Waals surface area (Å²) in [4.78, 5) is 19.5. The van der Waals surface area contributed by atoms with Gasteiger partial charge in [0.15, 0.2) is 11.5 Å². The minimum Gasteiger partial charge on any atom is -0.508 e. The van der Waals surface area contributed by atoms with Gasteiger partial charge in [-0.1, -0.05) is 0 Å². The van der Waals surface area contributed by atoms with Gasteiger partial charge in [0.2, 0.25) is 5.91 Å². The highest BCUT2D eigenvalue weighted by Crippen LogP contribution is 2.29. The summed E-state index contributed by atoms with van der Waals surface area (Å²) < 4.78 is 0. The number of fused-ring (bicyclic) bond motifs is 1. The van der Waals surface area contributed by atoms with Crippen molar-refractivity contribution in [2.24, 2.45) is 5.92 Å². The molecule has 1 saturated heterocycles. The molecule has 0 spiro atoms. The van der Waals surface area contributed by atoms with Gasteiger partial charge in [0, 0.05) is 11.5 Å². The van der Waals surface area contributed by atoms with Crippen molar-refractivity contribution in [3.05, 3.63) is 35.9 Å². The lowest BCUT2D eigenvalue weighted by atomic mass is 9.96. The van der Waals surface area contributed by atoms with Crippen molar-refractivity contribution in [1.29, 1.82) is 0 Å². The summed E-state index contributed by atoms with van der Waals surface area (Å²) in [6.45, 7) is 3.86. The molecule has 7 nitrogen and oxygen atoms in total. The number of benzene rings is 1. The topological polar surface area (TPSA) is 94.1 Å². The lowest BCUT2D eigenvalue weighted by Crippen LogP contribution is -2.36. The number of likely N-dealkylation sites (tertiary alicyclic amines) is 1. The molecule has 3 aromatic rings. The number of nitrogens with zero attached hydrogens (tertiary/aromatic N) is 3. The van der Waals surface area contributed by atoms with Crippen molar-refractivity contribution < 1.29 is 9.90 Å². The number of aromatic hydroxyl groups is 1. The third kappa shape index (κ3) is 3.50. The summed E-state index contributed by atoms with van der Waals surface area (Å²) in [6, 6.07) is 8.92. The number of aromatic nitrogens is 3. The zero-order chi connectivity index (χ0) is 19.0. The van der Waals surface area contributed by atoms with Crippen molar-refractivity contribution in [3.8, 4) is 17.0 Å². The number of hydrogen-bond donors (Lipinski definition) is 3. The Morgan fingerprint density at radius 3 is 2.67 bits per heavy atom. The van der Waals surface area contributed by atoms with Crippen LogP contribution < -0.4 is 5.32 Å². The number of hydrogen-bond acceptors (Lipinski definition) is 5. The number of carbonyl (C=O) groups is 1. The van der Waals surface area contributed by atoms with Gasteiger partial charge in [0.05, 0.1) is 11.1 Å². The van der Waals surface area contributed by atoms with Gasteiger partial charge < -0.3 is 15.3 Å². The summed E-state index contributed by atoms with van der Waals surface area (Å²) in [5.74, 6) is 0.801. The van der Waals surface area contributed by atoms with Gasteiger partial charge in [-0.25, -0.2) is 4.98 Å². The number of phenols is 1. The molecule has 4 rings (SSSR count). The summed E-state index contributed by atoms with van der Waals surface area (Å²) in [5, 5.41) is 20.4. The maximum atomic E-state index is 12.6. The molecule has 1 aliphatic rings. The molecule has 1 aliphatic heterocycles. The molecule has 27 heavy (non-hydrogen) atoms. The number of aryl methyl sites for hydroxylation is 1. The minimum atomic E-state index is 0.0248. The van der Waals surface area contributed by atoms with Crippen LogP contribution in [0.4, 0.5) is 5.82 Å². The first-order chi connectivity index (χ1) is 13.0. The molecule has 2 aromatic heterocycles. The maximum absolute atomic E-state index is 12.6. The van der Waals surface area contributed by atoms with E-state index in [1.54, 1.807) is 12.1 Å². The number of aromatic amines is 1. The number of amides is 1. The van der Waals surface area contributed by atoms with Crippen LogP contribution in [0.5, 0.6) is 5.75 Å². The van der Waals surface area contributed by atoms with Crippen molar-refractivity contribution >= 4 is 22.8 Å². The fourth-order valence-electron chi connectivity index (χ4n) is 3.54. The molecular weight excluding hydrogens is 342 g/mol. The van der Waals surface area contributed by atoms with E-state index in [9.17, 15) is 9.90 Å². The third-order valence-electron chi connectivity index (χ3n) is 5.21. The fraction of sp³-hybridized carbons (Fsp3) is 0.350. The zero-order valence-corrected chi connectivity index (χ0v) is 15.5. The van der Waals surface area contributed by atoms with Gasteiger partial charge in [-0.15, -0.1) is 0 Å². The molecule has 1 fully saturated rings. The van der Waals surface area contributed by atoms with Crippen molar-refractivity contribution in [2.45, 2.75) is 19.8 Å². The highest BCUT2D eigenvalue weighted by atomic mass is 16.3. The highest BCUT2D eigenvalue weighted by Gasteiger charge is 2.24. The second-order valence-corrected chi connectivity index (χ2v) is 7.24. The minimum absolute atomic E-state index is 0.0248. The molecule has 0 atom stereocenters. The zero-order valence-electron chi connectivity index (χ0n) is 15.5. The van der Waals surface area contributed by atoms with Gasteiger partial charge in [-0.05, 0) is 75.8 Å². The molecule has 1 aromatic carbocycles.